The van der Waals surface area contributed by atoms with Crippen LogP contribution in [0.1, 0.15) is 5.56 Å². The van der Waals surface area contributed by atoms with Crippen molar-refractivity contribution in [1.29, 1.82) is 0 Å². The molecule has 1 saturated heterocycles. The number of aromatic nitrogens is 1. The smallest absolute Gasteiger partial charge is 0.270 e. The van der Waals surface area contributed by atoms with Crippen molar-refractivity contribution >= 4 is 75.0 Å². The molecule has 9 heteroatoms. The number of hydrogen-bond donors (Lipinski definition) is 2. The molecule has 0 saturated carbocycles. The maximum atomic E-state index is 13.4. The molecule has 0 unspecified atom stereocenters. The first-order valence-corrected chi connectivity index (χ1v) is 11.8. The number of hydrogen-bond acceptors (Lipinski definition) is 4. The van der Waals surface area contributed by atoms with Crippen LogP contribution >= 0.6 is 23.8 Å². The predicted octanol–water partition coefficient (Wildman–Crippen LogP) is 4.76. The molecule has 178 valence electrons. The van der Waals surface area contributed by atoms with E-state index in [1.54, 1.807) is 35.0 Å². The lowest BCUT2D eigenvalue weighted by atomic mass is 10.1. The average Bonchev–Trinajstić information content (AvgIpc) is 3.19. The number of benzene rings is 3. The van der Waals surface area contributed by atoms with Crippen LogP contribution in [-0.2, 0) is 20.9 Å². The summed E-state index contributed by atoms with van der Waals surface area (Å²) in [4.78, 5) is 40.1. The van der Waals surface area contributed by atoms with E-state index >= 15 is 0 Å². The van der Waals surface area contributed by atoms with E-state index in [0.717, 1.165) is 10.9 Å². The second kappa shape index (κ2) is 9.77. The zero-order valence-electron chi connectivity index (χ0n) is 18.8. The maximum absolute atomic E-state index is 13.4. The molecule has 4 aromatic rings. The fourth-order valence-electron chi connectivity index (χ4n) is 4.06. The molecule has 2 N–H and O–H groups in total. The Morgan fingerprint density at radius 2 is 1.75 bits per heavy atom. The third-order valence-corrected chi connectivity index (χ3v) is 6.18. The van der Waals surface area contributed by atoms with Crippen LogP contribution in [0, 0.1) is 0 Å². The van der Waals surface area contributed by atoms with Gasteiger partial charge in [-0.15, -0.1) is 0 Å². The first-order valence-electron chi connectivity index (χ1n) is 11.0. The van der Waals surface area contributed by atoms with E-state index in [1.165, 1.54) is 11.0 Å². The Balaban J connectivity index is 1.49. The van der Waals surface area contributed by atoms with Crippen LogP contribution in [0.15, 0.2) is 90.6 Å². The van der Waals surface area contributed by atoms with Crippen LogP contribution in [0.2, 0.25) is 5.02 Å². The molecule has 2 heterocycles. The van der Waals surface area contributed by atoms with Gasteiger partial charge in [0.25, 0.3) is 11.8 Å². The van der Waals surface area contributed by atoms with Gasteiger partial charge in [0.15, 0.2) is 5.11 Å². The van der Waals surface area contributed by atoms with E-state index < -0.39 is 11.8 Å². The van der Waals surface area contributed by atoms with Crippen LogP contribution < -0.4 is 15.5 Å². The molecule has 0 spiro atoms. The van der Waals surface area contributed by atoms with Crippen molar-refractivity contribution in [2.75, 3.05) is 10.2 Å². The lowest BCUT2D eigenvalue weighted by Crippen LogP contribution is -2.54. The molecular formula is C27H19ClN4O3S. The number of halogens is 1. The van der Waals surface area contributed by atoms with E-state index in [-0.39, 0.29) is 23.1 Å². The van der Waals surface area contributed by atoms with Gasteiger partial charge in [0.2, 0.25) is 5.91 Å². The van der Waals surface area contributed by atoms with Gasteiger partial charge in [-0.2, -0.15) is 0 Å². The number of fused-ring (bicyclic) bond motifs is 1. The molecule has 7 nitrogen and oxygen atoms in total. The van der Waals surface area contributed by atoms with Crippen molar-refractivity contribution in [2.45, 2.75) is 6.54 Å². The Morgan fingerprint density at radius 1 is 1.00 bits per heavy atom. The van der Waals surface area contributed by atoms with Crippen molar-refractivity contribution in [2.24, 2.45) is 0 Å². The summed E-state index contributed by atoms with van der Waals surface area (Å²) in [6, 6.07) is 23.3. The van der Waals surface area contributed by atoms with Gasteiger partial charge in [-0.25, -0.2) is 0 Å². The predicted molar refractivity (Wildman–Crippen MR) is 145 cm³/mol. The third-order valence-electron chi connectivity index (χ3n) is 5.66. The summed E-state index contributed by atoms with van der Waals surface area (Å²) in [6.45, 7) is 0.0530. The molecule has 1 aromatic heterocycles. The molecule has 1 aliphatic rings. The summed E-state index contributed by atoms with van der Waals surface area (Å²) in [7, 11) is 0. The fraction of sp³-hybridized carbons (Fsp3) is 0.0370. The average molecular weight is 515 g/mol. The summed E-state index contributed by atoms with van der Waals surface area (Å²) < 4.78 is 1.78. The van der Waals surface area contributed by atoms with E-state index in [1.807, 2.05) is 54.6 Å². The summed E-state index contributed by atoms with van der Waals surface area (Å²) >= 11 is 11.4. The standard InChI is InChI=1S/C27H19ClN4O3S/c28-18-7-6-10-20(14-18)32-26(35)22(25(34)30-27(32)36)13-17-15-31(23-12-5-4-11-21(17)23)16-24(33)29-19-8-2-1-3-9-19/h1-15H,16H2,(H,29,33)(H,30,34,36). The minimum Gasteiger partial charge on any atom is -0.337 e. The number of carbonyl (C=O) groups excluding carboxylic acids is 3. The number of amides is 3. The van der Waals surface area contributed by atoms with Crippen molar-refractivity contribution in [1.82, 2.24) is 9.88 Å². The molecule has 0 radical (unpaired) electrons. The quantitative estimate of drug-likeness (QED) is 0.228. The number of para-hydroxylation sites is 2. The monoisotopic (exact) mass is 514 g/mol. The number of thiocarbonyl (C=S) groups is 1. The maximum Gasteiger partial charge on any atom is 0.270 e. The second-order valence-electron chi connectivity index (χ2n) is 8.08. The SMILES string of the molecule is O=C(Cn1cc(C=C2C(=O)NC(=S)N(c3cccc(Cl)c3)C2=O)c2ccccc21)Nc1ccccc1. The van der Waals surface area contributed by atoms with E-state index in [9.17, 15) is 14.4 Å². The van der Waals surface area contributed by atoms with Crippen LogP contribution in [0.4, 0.5) is 11.4 Å². The first kappa shape index (κ1) is 23.5. The summed E-state index contributed by atoms with van der Waals surface area (Å²) in [5.74, 6) is -1.36. The lowest BCUT2D eigenvalue weighted by molar-refractivity contribution is -0.122. The van der Waals surface area contributed by atoms with Crippen LogP contribution in [0.25, 0.3) is 17.0 Å². The molecular weight excluding hydrogens is 496 g/mol. The van der Waals surface area contributed by atoms with Gasteiger partial charge in [0.1, 0.15) is 12.1 Å². The highest BCUT2D eigenvalue weighted by atomic mass is 35.5. The number of nitrogens with zero attached hydrogens (tertiary/aromatic N) is 2. The molecule has 0 aliphatic carbocycles. The van der Waals surface area contributed by atoms with Gasteiger partial charge < -0.3 is 9.88 Å². The van der Waals surface area contributed by atoms with E-state index in [0.29, 0.717) is 22.0 Å². The molecule has 3 amide bonds. The molecule has 1 aliphatic heterocycles. The molecule has 0 atom stereocenters. The van der Waals surface area contributed by atoms with Gasteiger partial charge in [0, 0.05) is 33.4 Å². The zero-order chi connectivity index (χ0) is 25.2. The van der Waals surface area contributed by atoms with Crippen molar-refractivity contribution in [3.05, 3.63) is 101 Å². The van der Waals surface area contributed by atoms with Crippen LogP contribution in [0.5, 0.6) is 0 Å². The van der Waals surface area contributed by atoms with E-state index in [2.05, 4.69) is 10.6 Å². The van der Waals surface area contributed by atoms with E-state index in [4.69, 9.17) is 23.8 Å². The number of anilines is 2. The summed E-state index contributed by atoms with van der Waals surface area (Å²) in [5.41, 5.74) is 2.47. The summed E-state index contributed by atoms with van der Waals surface area (Å²) in [6.07, 6.45) is 3.27. The van der Waals surface area contributed by atoms with Crippen molar-refractivity contribution in [3.8, 4) is 0 Å². The van der Waals surface area contributed by atoms with Gasteiger partial charge in [0.05, 0.1) is 5.69 Å². The zero-order valence-corrected chi connectivity index (χ0v) is 20.3. The van der Waals surface area contributed by atoms with Crippen molar-refractivity contribution < 1.29 is 14.4 Å². The highest BCUT2D eigenvalue weighted by Gasteiger charge is 2.34. The molecule has 5 rings (SSSR count). The highest BCUT2D eigenvalue weighted by Crippen LogP contribution is 2.28. The number of rotatable bonds is 5. The molecule has 3 aromatic carbocycles. The highest BCUT2D eigenvalue weighted by molar-refractivity contribution is 7.80. The first-order chi connectivity index (χ1) is 17.4. The summed E-state index contributed by atoms with van der Waals surface area (Å²) in [5, 5.41) is 6.65. The third kappa shape index (κ3) is 4.64. The van der Waals surface area contributed by atoms with Crippen LogP contribution in [-0.4, -0.2) is 27.4 Å². The Hall–Kier alpha value is -4.27. The Labute approximate surface area is 217 Å². The minimum atomic E-state index is -0.595. The Kier molecular flexibility index (Phi) is 6.37. The van der Waals surface area contributed by atoms with Gasteiger partial charge in [-0.1, -0.05) is 54.1 Å². The largest absolute Gasteiger partial charge is 0.337 e. The van der Waals surface area contributed by atoms with Crippen LogP contribution in [0.3, 0.4) is 0 Å². The minimum absolute atomic E-state index is 0.0237. The molecule has 0 bridgehead atoms. The van der Waals surface area contributed by atoms with Gasteiger partial charge >= 0.3 is 0 Å². The Bertz CT molecular complexity index is 1560. The number of carbonyl (C=O) groups is 3. The normalized spacial score (nSPS) is 14.9. The Morgan fingerprint density at radius 3 is 2.53 bits per heavy atom. The molecule has 36 heavy (non-hydrogen) atoms. The topological polar surface area (TPSA) is 83.4 Å². The van der Waals surface area contributed by atoms with Gasteiger partial charge in [-0.05, 0) is 54.7 Å². The molecule has 1 fully saturated rings. The second-order valence-corrected chi connectivity index (χ2v) is 8.90. The van der Waals surface area contributed by atoms with Gasteiger partial charge in [-0.3, -0.25) is 24.6 Å². The van der Waals surface area contributed by atoms with Crippen molar-refractivity contribution in [3.63, 3.8) is 0 Å². The number of nitrogens with one attached hydrogen (secondary N) is 2. The fourth-order valence-corrected chi connectivity index (χ4v) is 4.53. The lowest BCUT2D eigenvalue weighted by Gasteiger charge is -2.29.